The van der Waals surface area contributed by atoms with Crippen LogP contribution in [0.2, 0.25) is 0 Å². The molecule has 0 aliphatic carbocycles. The SMILES string of the molecule is c1ccc(C[P+](c2ccccc2)(c2ccccc2)c2ccccc2)cc1.c1ccc([B-](c2ccccc2)(c2ccccc2)c2ccccc2)cc1.c1ccc([B-](c2ccccc2)(c2ccccc2)c2ccccc2)cc1.c1ccc([P+](c2ccccc2)(c2ccccc2)c2ccccc2)cc1. The standard InChI is InChI=1S/C25H22P.2C24H20B.C24H20P/c1-5-13-22(14-6-1)21-26(23-15-7-2-8-16-23,24-17-9-3-10-18-24)25-19-11-4-12-20-25;3*1-5-13-21(14-6-1)25(22-15-7-2-8-16-22,23-17-9-3-10-18-23)24-19-11-4-12-20-24/h1-20H,21H2;3*1-20H/q+1;2*-1;+1. The molecule has 0 spiro atoms. The Morgan fingerprint density at radius 3 is 0.426 bits per heavy atom. The van der Waals surface area contributed by atoms with Gasteiger partial charge in [-0.2, -0.15) is 43.7 Å². The molecule has 16 aromatic rings. The van der Waals surface area contributed by atoms with E-state index in [1.54, 1.807) is 0 Å². The van der Waals surface area contributed by atoms with Gasteiger partial charge in [0.2, 0.25) is 0 Å². The molecular formula is C97H82B2P2. The van der Waals surface area contributed by atoms with Gasteiger partial charge in [-0.05, 0) is 90.5 Å². The van der Waals surface area contributed by atoms with Crippen molar-refractivity contribution in [3.8, 4) is 0 Å². The van der Waals surface area contributed by atoms with Crippen molar-refractivity contribution in [3.63, 3.8) is 0 Å². The molecule has 0 fully saturated rings. The molecule has 0 aliphatic heterocycles. The summed E-state index contributed by atoms with van der Waals surface area (Å²) in [5.74, 6) is 0. The minimum absolute atomic E-state index is 1.03. The zero-order valence-corrected chi connectivity index (χ0v) is 58.7. The molecule has 16 rings (SSSR count). The van der Waals surface area contributed by atoms with Crippen LogP contribution >= 0.6 is 14.5 Å². The number of rotatable bonds is 17. The van der Waals surface area contributed by atoms with Crippen molar-refractivity contribution in [2.24, 2.45) is 0 Å². The number of benzene rings is 16. The Morgan fingerprint density at radius 1 is 0.139 bits per heavy atom. The molecule has 0 bridgehead atoms. The fourth-order valence-corrected chi connectivity index (χ4v) is 23.9. The van der Waals surface area contributed by atoms with Crippen LogP contribution in [0.1, 0.15) is 5.56 Å². The van der Waals surface area contributed by atoms with Crippen molar-refractivity contribution in [2.45, 2.75) is 6.16 Å². The molecule has 16 aromatic carbocycles. The fraction of sp³-hybridized carbons (Fsp3) is 0.0103. The highest BCUT2D eigenvalue weighted by Gasteiger charge is 2.48. The van der Waals surface area contributed by atoms with Crippen LogP contribution in [0.25, 0.3) is 0 Å². The van der Waals surface area contributed by atoms with Gasteiger partial charge in [0.15, 0.2) is 0 Å². The fourth-order valence-electron chi connectivity index (χ4n) is 15.4. The zero-order valence-electron chi connectivity index (χ0n) is 56.9. The second-order valence-corrected chi connectivity index (χ2v) is 32.4. The van der Waals surface area contributed by atoms with E-state index in [1.165, 1.54) is 86.4 Å². The second kappa shape index (κ2) is 33.8. The molecule has 0 atom stereocenters. The Kier molecular flexibility index (Phi) is 22.8. The molecule has 0 saturated heterocycles. The first-order valence-electron chi connectivity index (χ1n) is 35.1. The summed E-state index contributed by atoms with van der Waals surface area (Å²) in [5, 5.41) is 9.85. The third-order valence-electron chi connectivity index (χ3n) is 19.8. The van der Waals surface area contributed by atoms with E-state index >= 15 is 0 Å². The maximum Gasteiger partial charge on any atom is 0.144 e. The van der Waals surface area contributed by atoms with Crippen molar-refractivity contribution in [3.05, 3.63) is 491 Å². The summed E-state index contributed by atoms with van der Waals surface area (Å²) in [5.41, 5.74) is 12.1. The van der Waals surface area contributed by atoms with Crippen molar-refractivity contribution >= 4 is 108 Å². The highest BCUT2D eigenvalue weighted by molar-refractivity contribution is 8.01. The number of hydrogen-bond acceptors (Lipinski definition) is 0. The summed E-state index contributed by atoms with van der Waals surface area (Å²) in [4.78, 5) is 0. The van der Waals surface area contributed by atoms with Gasteiger partial charge >= 0.3 is 0 Å². The lowest BCUT2D eigenvalue weighted by Crippen LogP contribution is -2.74. The Balaban J connectivity index is 0.000000120. The zero-order chi connectivity index (χ0) is 68.5. The van der Waals surface area contributed by atoms with Crippen LogP contribution in [-0.4, -0.2) is 12.3 Å². The first-order chi connectivity index (χ1) is 50.2. The Hall–Kier alpha value is -11.5. The Morgan fingerprint density at radius 2 is 0.267 bits per heavy atom. The monoisotopic (exact) mass is 1330 g/mol. The highest BCUT2D eigenvalue weighted by Crippen LogP contribution is 2.58. The molecular weight excluding hydrogens is 1250 g/mol. The largest absolute Gasteiger partial charge is 0.195 e. The molecule has 0 unspecified atom stereocenters. The van der Waals surface area contributed by atoms with Crippen LogP contribution in [0.3, 0.4) is 0 Å². The predicted octanol–water partition coefficient (Wildman–Crippen LogP) is 15.6. The first kappa shape index (κ1) is 68.1. The third-order valence-corrected chi connectivity index (χ3v) is 28.5. The lowest BCUT2D eigenvalue weighted by Gasteiger charge is -2.44. The van der Waals surface area contributed by atoms with E-state index in [9.17, 15) is 0 Å². The van der Waals surface area contributed by atoms with E-state index < -0.39 is 26.8 Å². The van der Waals surface area contributed by atoms with Crippen molar-refractivity contribution < 1.29 is 0 Å². The lowest BCUT2D eigenvalue weighted by molar-refractivity contribution is 1.39. The van der Waals surface area contributed by atoms with E-state index in [4.69, 9.17) is 0 Å². The average molecular weight is 1330 g/mol. The van der Waals surface area contributed by atoms with Gasteiger partial charge in [0.25, 0.3) is 0 Å². The molecule has 0 aromatic heterocycles. The summed E-state index contributed by atoms with van der Waals surface area (Å²) >= 11 is 0. The number of hydrogen-bond donors (Lipinski definition) is 0. The molecule has 4 heteroatoms. The maximum atomic E-state index is 2.30. The van der Waals surface area contributed by atoms with Crippen LogP contribution in [0.4, 0.5) is 0 Å². The normalized spacial score (nSPS) is 11.2. The molecule has 0 saturated carbocycles. The Bertz CT molecular complexity index is 4010. The minimum Gasteiger partial charge on any atom is -0.195 e. The van der Waals surface area contributed by atoms with E-state index in [-0.39, 0.29) is 0 Å². The molecule has 0 aliphatic rings. The molecule has 0 nitrogen and oxygen atoms in total. The summed E-state index contributed by atoms with van der Waals surface area (Å²) in [6, 6.07) is 175. The Labute approximate surface area is 600 Å². The minimum atomic E-state index is -1.91. The second-order valence-electron chi connectivity index (χ2n) is 25.5. The quantitative estimate of drug-likeness (QED) is 0.0630. The van der Waals surface area contributed by atoms with Crippen molar-refractivity contribution in [2.75, 3.05) is 0 Å². The topological polar surface area (TPSA) is 0 Å². The van der Waals surface area contributed by atoms with E-state index in [2.05, 4.69) is 485 Å². The van der Waals surface area contributed by atoms with Crippen LogP contribution in [0, 0.1) is 0 Å². The summed E-state index contributed by atoms with van der Waals surface area (Å²) in [6.07, 6.45) is -1.40. The summed E-state index contributed by atoms with van der Waals surface area (Å²) in [6.45, 7) is 0. The molecule has 0 heterocycles. The highest BCUT2D eigenvalue weighted by atomic mass is 31.2. The molecule has 0 radical (unpaired) electrons. The van der Waals surface area contributed by atoms with Gasteiger partial charge in [0.1, 0.15) is 63.9 Å². The molecule has 101 heavy (non-hydrogen) atoms. The van der Waals surface area contributed by atoms with E-state index in [1.807, 2.05) is 0 Å². The van der Waals surface area contributed by atoms with Gasteiger partial charge in [0.05, 0.1) is 6.16 Å². The van der Waals surface area contributed by atoms with Gasteiger partial charge in [-0.3, -0.25) is 0 Å². The van der Waals surface area contributed by atoms with Crippen LogP contribution in [0.15, 0.2) is 485 Å². The molecule has 486 valence electrons. The average Bonchev–Trinajstić information content (AvgIpc) is 0.751. The maximum absolute atomic E-state index is 2.30. The third kappa shape index (κ3) is 14.8. The van der Waals surface area contributed by atoms with Gasteiger partial charge in [0, 0.05) is 0 Å². The van der Waals surface area contributed by atoms with Crippen molar-refractivity contribution in [1.29, 1.82) is 0 Å². The van der Waals surface area contributed by atoms with E-state index in [0.29, 0.717) is 0 Å². The van der Waals surface area contributed by atoms with Crippen LogP contribution in [0.5, 0.6) is 0 Å². The van der Waals surface area contributed by atoms with Crippen molar-refractivity contribution in [1.82, 2.24) is 0 Å². The van der Waals surface area contributed by atoms with Gasteiger partial charge in [-0.1, -0.05) is 400 Å². The van der Waals surface area contributed by atoms with Gasteiger partial charge in [-0.15, -0.1) is 0 Å². The summed E-state index contributed by atoms with van der Waals surface area (Å²) in [7, 11) is -3.68. The molecule has 0 amide bonds. The smallest absolute Gasteiger partial charge is 0.144 e. The predicted molar refractivity (Wildman–Crippen MR) is 447 cm³/mol. The van der Waals surface area contributed by atoms with Crippen LogP contribution < -0.4 is 80.8 Å². The van der Waals surface area contributed by atoms with Gasteiger partial charge in [-0.25, -0.2) is 0 Å². The lowest BCUT2D eigenvalue weighted by atomic mass is 9.13. The van der Waals surface area contributed by atoms with Gasteiger partial charge < -0.3 is 0 Å². The first-order valence-corrected chi connectivity index (χ1v) is 38.9. The van der Waals surface area contributed by atoms with E-state index in [0.717, 1.165) is 6.16 Å². The van der Waals surface area contributed by atoms with Crippen LogP contribution in [-0.2, 0) is 6.16 Å². The molecule has 0 N–H and O–H groups in total. The summed E-state index contributed by atoms with van der Waals surface area (Å²) < 4.78 is 0.